The van der Waals surface area contributed by atoms with Gasteiger partial charge in [-0.15, -0.1) is 0 Å². The molecule has 0 radical (unpaired) electrons. The van der Waals surface area contributed by atoms with E-state index >= 15 is 4.39 Å². The highest BCUT2D eigenvalue weighted by Crippen LogP contribution is 2.45. The lowest BCUT2D eigenvalue weighted by Crippen LogP contribution is -2.75. The summed E-state index contributed by atoms with van der Waals surface area (Å²) in [5, 5.41) is 4.89. The number of halogens is 1. The van der Waals surface area contributed by atoms with Crippen molar-refractivity contribution < 1.29 is 13.9 Å². The van der Waals surface area contributed by atoms with Gasteiger partial charge in [0.05, 0.1) is 43.8 Å². The Bertz CT molecular complexity index is 1440. The number of methoxy groups -OCH3 is 1. The monoisotopic (exact) mass is 477 g/mol. The van der Waals surface area contributed by atoms with Gasteiger partial charge in [0.2, 0.25) is 0 Å². The molecule has 35 heavy (non-hydrogen) atoms. The van der Waals surface area contributed by atoms with Crippen molar-refractivity contribution in [3.05, 3.63) is 36.2 Å². The van der Waals surface area contributed by atoms with Crippen LogP contribution in [-0.2, 0) is 4.74 Å². The van der Waals surface area contributed by atoms with Crippen LogP contribution in [0.5, 0.6) is 5.75 Å². The van der Waals surface area contributed by atoms with Gasteiger partial charge in [-0.1, -0.05) is 13.8 Å². The van der Waals surface area contributed by atoms with Crippen LogP contribution >= 0.6 is 0 Å². The lowest BCUT2D eigenvalue weighted by atomic mass is 9.72. The Balaban J connectivity index is 1.25. The number of H-pyrrole nitrogens is 1. The van der Waals surface area contributed by atoms with Gasteiger partial charge in [0.1, 0.15) is 6.33 Å². The molecule has 9 nitrogen and oxygen atoms in total. The van der Waals surface area contributed by atoms with Gasteiger partial charge in [0.15, 0.2) is 23.0 Å². The molecule has 4 aromatic rings. The third kappa shape index (κ3) is 3.02. The van der Waals surface area contributed by atoms with Crippen molar-refractivity contribution in [2.24, 2.45) is 5.41 Å². The summed E-state index contributed by atoms with van der Waals surface area (Å²) >= 11 is 0. The van der Waals surface area contributed by atoms with E-state index < -0.39 is 0 Å². The van der Waals surface area contributed by atoms with Gasteiger partial charge in [0.25, 0.3) is 0 Å². The molecule has 3 aliphatic heterocycles. The Kier molecular flexibility index (Phi) is 4.44. The van der Waals surface area contributed by atoms with Gasteiger partial charge < -0.3 is 19.4 Å². The van der Waals surface area contributed by atoms with Crippen molar-refractivity contribution in [1.82, 2.24) is 29.5 Å². The number of aromatic amines is 1. The summed E-state index contributed by atoms with van der Waals surface area (Å²) in [5.74, 6) is 0.904. The van der Waals surface area contributed by atoms with Gasteiger partial charge in [0, 0.05) is 48.7 Å². The van der Waals surface area contributed by atoms with Gasteiger partial charge in [-0.25, -0.2) is 18.9 Å². The molecule has 0 amide bonds. The number of pyridine rings is 2. The number of nitrogens with one attached hydrogen (secondary N) is 1. The molecule has 3 fully saturated rings. The van der Waals surface area contributed by atoms with Gasteiger partial charge >= 0.3 is 0 Å². The SMILES string of the molecule is COc1cc(-c2[nH]c3cnc(N4CC5(C4)CN(C4COC4)C5)c(F)c3c2C(C)C)cn2ncnc12. The smallest absolute Gasteiger partial charge is 0.197 e. The zero-order valence-electron chi connectivity index (χ0n) is 20.1. The molecule has 10 heteroatoms. The van der Waals surface area contributed by atoms with E-state index in [1.807, 2.05) is 12.3 Å². The first-order valence-corrected chi connectivity index (χ1v) is 12.1. The highest BCUT2D eigenvalue weighted by molar-refractivity contribution is 5.93. The molecule has 1 spiro atoms. The third-order valence-electron chi connectivity index (χ3n) is 7.79. The molecular formula is C25H28FN7O2. The Hall–Kier alpha value is -3.24. The summed E-state index contributed by atoms with van der Waals surface area (Å²) in [6.07, 6.45) is 5.15. The molecule has 182 valence electrons. The van der Waals surface area contributed by atoms with E-state index in [4.69, 9.17) is 9.47 Å². The van der Waals surface area contributed by atoms with E-state index in [1.165, 1.54) is 6.33 Å². The number of hydrogen-bond acceptors (Lipinski definition) is 7. The summed E-state index contributed by atoms with van der Waals surface area (Å²) in [6, 6.07) is 2.49. The van der Waals surface area contributed by atoms with Crippen LogP contribution in [0.25, 0.3) is 27.8 Å². The second-order valence-corrected chi connectivity index (χ2v) is 10.5. The number of fused-ring (bicyclic) bond motifs is 2. The van der Waals surface area contributed by atoms with Crippen LogP contribution in [0.1, 0.15) is 25.3 Å². The van der Waals surface area contributed by atoms with Crippen LogP contribution in [0.3, 0.4) is 0 Å². The van der Waals surface area contributed by atoms with Crippen LogP contribution in [0, 0.1) is 11.2 Å². The third-order valence-corrected chi connectivity index (χ3v) is 7.79. The number of hydrogen-bond donors (Lipinski definition) is 1. The predicted octanol–water partition coefficient (Wildman–Crippen LogP) is 3.06. The minimum absolute atomic E-state index is 0.0913. The zero-order valence-corrected chi connectivity index (χ0v) is 20.1. The molecule has 3 saturated heterocycles. The Labute approximate surface area is 201 Å². The molecule has 0 bridgehead atoms. The molecule has 7 heterocycles. The average Bonchev–Trinajstić information content (AvgIpc) is 3.38. The molecule has 0 aliphatic carbocycles. The number of nitrogens with zero attached hydrogens (tertiary/aromatic N) is 6. The normalized spacial score (nSPS) is 20.0. The highest BCUT2D eigenvalue weighted by Gasteiger charge is 2.54. The van der Waals surface area contributed by atoms with E-state index in [9.17, 15) is 0 Å². The van der Waals surface area contributed by atoms with Crippen LogP contribution in [0.15, 0.2) is 24.8 Å². The minimum atomic E-state index is -0.249. The molecule has 7 rings (SSSR count). The molecule has 4 aromatic heterocycles. The fourth-order valence-corrected chi connectivity index (χ4v) is 5.99. The maximum Gasteiger partial charge on any atom is 0.197 e. The minimum Gasteiger partial charge on any atom is -0.493 e. The van der Waals surface area contributed by atoms with Crippen LogP contribution in [-0.4, -0.2) is 82.0 Å². The lowest BCUT2D eigenvalue weighted by Gasteiger charge is -2.63. The van der Waals surface area contributed by atoms with Crippen LogP contribution in [0.2, 0.25) is 0 Å². The number of rotatable bonds is 5. The summed E-state index contributed by atoms with van der Waals surface area (Å²) in [6.45, 7) is 9.69. The van der Waals surface area contributed by atoms with Crippen molar-refractivity contribution in [2.75, 3.05) is 51.4 Å². The Morgan fingerprint density at radius 2 is 2.00 bits per heavy atom. The molecule has 0 saturated carbocycles. The number of aromatic nitrogens is 5. The van der Waals surface area contributed by atoms with Gasteiger partial charge in [-0.2, -0.15) is 5.10 Å². The van der Waals surface area contributed by atoms with Crippen molar-refractivity contribution in [3.63, 3.8) is 0 Å². The summed E-state index contributed by atoms with van der Waals surface area (Å²) in [5.41, 5.74) is 4.24. The molecular weight excluding hydrogens is 449 g/mol. The molecule has 0 unspecified atom stereocenters. The second kappa shape index (κ2) is 7.38. The lowest BCUT2D eigenvalue weighted by molar-refractivity contribution is -0.137. The Morgan fingerprint density at radius 3 is 2.69 bits per heavy atom. The highest BCUT2D eigenvalue weighted by atomic mass is 19.1. The van der Waals surface area contributed by atoms with Gasteiger partial charge in [-0.05, 0) is 17.5 Å². The van der Waals surface area contributed by atoms with E-state index in [1.54, 1.807) is 17.8 Å². The fraction of sp³-hybridized carbons (Fsp3) is 0.480. The fourth-order valence-electron chi connectivity index (χ4n) is 5.99. The Morgan fingerprint density at radius 1 is 1.20 bits per heavy atom. The topological polar surface area (TPSA) is 83.8 Å². The summed E-state index contributed by atoms with van der Waals surface area (Å²) < 4.78 is 28.6. The van der Waals surface area contributed by atoms with Crippen LogP contribution in [0.4, 0.5) is 10.2 Å². The van der Waals surface area contributed by atoms with E-state index in [0.717, 1.165) is 56.2 Å². The van der Waals surface area contributed by atoms with Crippen molar-refractivity contribution in [2.45, 2.75) is 25.8 Å². The first kappa shape index (κ1) is 21.1. The number of ether oxygens (including phenoxy) is 2. The standard InChI is InChI=1S/C25H28FN7O2/c1-14(2)19-20-17(30-22(19)15-4-18(34-3)23-28-13-29-33(23)6-15)5-27-24(21(20)26)32-11-25(12-32)9-31(10-25)16-7-35-8-16/h4-6,13-14,16,30H,7-12H2,1-3H3. The molecule has 1 N–H and O–H groups in total. The summed E-state index contributed by atoms with van der Waals surface area (Å²) in [4.78, 5) is 16.8. The molecule has 0 aromatic carbocycles. The van der Waals surface area contributed by atoms with E-state index in [-0.39, 0.29) is 17.2 Å². The number of likely N-dealkylation sites (tertiary alicyclic amines) is 1. The maximum absolute atomic E-state index is 16.1. The molecule has 0 atom stereocenters. The van der Waals surface area contributed by atoms with Crippen LogP contribution < -0.4 is 9.64 Å². The summed E-state index contributed by atoms with van der Waals surface area (Å²) in [7, 11) is 1.61. The predicted molar refractivity (Wildman–Crippen MR) is 129 cm³/mol. The van der Waals surface area contributed by atoms with Crippen molar-refractivity contribution in [1.29, 1.82) is 0 Å². The second-order valence-electron chi connectivity index (χ2n) is 10.5. The van der Waals surface area contributed by atoms with E-state index in [2.05, 4.69) is 43.7 Å². The maximum atomic E-state index is 16.1. The molecule has 3 aliphatic rings. The van der Waals surface area contributed by atoms with Crippen molar-refractivity contribution in [3.8, 4) is 17.0 Å². The zero-order chi connectivity index (χ0) is 23.9. The van der Waals surface area contributed by atoms with Crippen molar-refractivity contribution >= 4 is 22.4 Å². The average molecular weight is 478 g/mol. The van der Waals surface area contributed by atoms with Gasteiger partial charge in [-0.3, -0.25) is 4.90 Å². The first-order valence-electron chi connectivity index (χ1n) is 12.1. The van der Waals surface area contributed by atoms with E-state index in [0.29, 0.717) is 34.2 Å². The first-order chi connectivity index (χ1) is 17.0. The largest absolute Gasteiger partial charge is 0.493 e. The quantitative estimate of drug-likeness (QED) is 0.473. The number of anilines is 1.